The minimum Gasteiger partial charge on any atom is -0.508 e. The first-order chi connectivity index (χ1) is 16.8. The second-order valence-electron chi connectivity index (χ2n) is 10.9. The summed E-state index contributed by atoms with van der Waals surface area (Å²) in [7, 11) is 3.68. The first-order valence-corrected chi connectivity index (χ1v) is 12.3. The van der Waals surface area contributed by atoms with Gasteiger partial charge in [-0.15, -0.1) is 0 Å². The van der Waals surface area contributed by atoms with Crippen LogP contribution in [0, 0.1) is 23.7 Å². The zero-order valence-electron chi connectivity index (χ0n) is 21.0. The van der Waals surface area contributed by atoms with Crippen molar-refractivity contribution in [1.82, 2.24) is 5.32 Å². The lowest BCUT2D eigenvalue weighted by Gasteiger charge is -2.48. The van der Waals surface area contributed by atoms with Crippen molar-refractivity contribution in [3.8, 4) is 5.75 Å². The molecule has 1 aromatic rings. The number of ketones is 2. The number of allylic oxidation sites excluding steroid dienone is 1. The number of fused-ring (bicyclic) bond motifs is 3. The number of aliphatic hydroxyl groups excluding tert-OH is 2. The Labute approximate surface area is 209 Å². The number of carbonyl (C=O) groups excluding carboxylic acids is 3. The average molecular weight is 502 g/mol. The number of benzene rings is 1. The molecule has 0 bridgehead atoms. The van der Waals surface area contributed by atoms with Gasteiger partial charge in [0.25, 0.3) is 0 Å². The molecule has 10 heteroatoms. The van der Waals surface area contributed by atoms with E-state index in [0.29, 0.717) is 30.1 Å². The van der Waals surface area contributed by atoms with E-state index in [1.165, 1.54) is 0 Å². The van der Waals surface area contributed by atoms with Crippen LogP contribution in [0.15, 0.2) is 17.4 Å². The molecule has 2 unspecified atom stereocenters. The van der Waals surface area contributed by atoms with Crippen molar-refractivity contribution < 1.29 is 34.8 Å². The van der Waals surface area contributed by atoms with Gasteiger partial charge in [-0.3, -0.25) is 14.4 Å². The molecule has 3 aliphatic carbocycles. The standard InChI is InChI=1S/C26H35N3O7/c1-11(2)9-28-10-13-7-16(29(3)4)15-6-12-5-14-8-17(30)20(25(27)35)24(34)26(14,36)23(33)18(12)22(32)19(15)21(13)31/h7,11-12,14,17,20,28,30-31,33,36H,5-6,8-10H2,1-4H3,(H2,27,35)/t12-,14+,17?,20?,26+/m1/s1. The fourth-order valence-corrected chi connectivity index (χ4v) is 6.06. The van der Waals surface area contributed by atoms with Crippen molar-refractivity contribution >= 4 is 23.2 Å². The largest absolute Gasteiger partial charge is 0.508 e. The van der Waals surface area contributed by atoms with Gasteiger partial charge in [-0.1, -0.05) is 13.8 Å². The zero-order valence-corrected chi connectivity index (χ0v) is 21.0. The SMILES string of the molecule is CC(C)CNCc1cc(N(C)C)c2c(c1O)C(=O)C1=C(O)[C@]3(O)C(=O)C(C(N)=O)C(O)C[C@@H]3C[C@@H]1C2. The Morgan fingerprint density at radius 2 is 1.92 bits per heavy atom. The monoisotopic (exact) mass is 501 g/mol. The lowest BCUT2D eigenvalue weighted by molar-refractivity contribution is -0.167. The average Bonchev–Trinajstić information content (AvgIpc) is 2.77. The Morgan fingerprint density at radius 3 is 2.50 bits per heavy atom. The molecule has 36 heavy (non-hydrogen) atoms. The summed E-state index contributed by atoms with van der Waals surface area (Å²) in [5.74, 6) is -6.62. The van der Waals surface area contributed by atoms with Gasteiger partial charge in [-0.05, 0) is 49.3 Å². The Hall–Kier alpha value is -2.95. The molecule has 0 aliphatic heterocycles. The molecule has 1 fully saturated rings. The number of amides is 1. The molecule has 1 aromatic carbocycles. The summed E-state index contributed by atoms with van der Waals surface area (Å²) >= 11 is 0. The minimum absolute atomic E-state index is 0.0390. The van der Waals surface area contributed by atoms with E-state index < -0.39 is 52.7 Å². The molecule has 1 saturated carbocycles. The van der Waals surface area contributed by atoms with Gasteiger partial charge in [0.1, 0.15) is 17.4 Å². The van der Waals surface area contributed by atoms with Crippen LogP contribution in [-0.4, -0.2) is 70.2 Å². The Bertz CT molecular complexity index is 1160. The van der Waals surface area contributed by atoms with Crippen LogP contribution >= 0.6 is 0 Å². The number of nitrogens with two attached hydrogens (primary N) is 1. The molecule has 3 aliphatic rings. The van der Waals surface area contributed by atoms with Gasteiger partial charge >= 0.3 is 0 Å². The van der Waals surface area contributed by atoms with Crippen molar-refractivity contribution in [2.75, 3.05) is 25.5 Å². The van der Waals surface area contributed by atoms with E-state index in [-0.39, 0.29) is 36.1 Å². The Balaban J connectivity index is 1.84. The van der Waals surface area contributed by atoms with Gasteiger partial charge in [0.05, 0.1) is 11.7 Å². The van der Waals surface area contributed by atoms with Gasteiger partial charge in [0.15, 0.2) is 17.2 Å². The first kappa shape index (κ1) is 26.1. The first-order valence-electron chi connectivity index (χ1n) is 12.3. The summed E-state index contributed by atoms with van der Waals surface area (Å²) < 4.78 is 0. The van der Waals surface area contributed by atoms with Crippen LogP contribution < -0.4 is 16.0 Å². The maximum Gasteiger partial charge on any atom is 0.230 e. The highest BCUT2D eigenvalue weighted by Crippen LogP contribution is 2.52. The third kappa shape index (κ3) is 3.88. The number of aliphatic hydroxyl groups is 3. The van der Waals surface area contributed by atoms with Gasteiger partial charge in [-0.25, -0.2) is 0 Å². The normalized spacial score (nSPS) is 29.6. The molecule has 0 aromatic heterocycles. The second-order valence-corrected chi connectivity index (χ2v) is 10.9. The lowest BCUT2D eigenvalue weighted by atomic mass is 9.57. The van der Waals surface area contributed by atoms with Crippen molar-refractivity contribution in [1.29, 1.82) is 0 Å². The number of carbonyl (C=O) groups is 3. The Kier molecular flexibility index (Phi) is 6.65. The number of anilines is 1. The number of Topliss-reactive ketones (excluding diaryl/α,β-unsaturated/α-hetero) is 2. The molecular weight excluding hydrogens is 466 g/mol. The van der Waals surface area contributed by atoms with E-state index >= 15 is 0 Å². The minimum atomic E-state index is -2.51. The smallest absolute Gasteiger partial charge is 0.230 e. The second kappa shape index (κ2) is 9.17. The molecule has 10 nitrogen and oxygen atoms in total. The maximum absolute atomic E-state index is 13.8. The van der Waals surface area contributed by atoms with Crippen molar-refractivity contribution in [3.05, 3.63) is 34.1 Å². The van der Waals surface area contributed by atoms with Crippen LogP contribution in [0.3, 0.4) is 0 Å². The van der Waals surface area contributed by atoms with Crippen LogP contribution in [0.1, 0.15) is 48.2 Å². The summed E-state index contributed by atoms with van der Waals surface area (Å²) in [4.78, 5) is 40.6. The maximum atomic E-state index is 13.8. The number of primary amides is 1. The van der Waals surface area contributed by atoms with Crippen LogP contribution in [-0.2, 0) is 22.6 Å². The molecule has 196 valence electrons. The predicted molar refractivity (Wildman–Crippen MR) is 132 cm³/mol. The fraction of sp³-hybridized carbons (Fsp3) is 0.577. The highest BCUT2D eigenvalue weighted by molar-refractivity contribution is 6.16. The molecule has 0 spiro atoms. The highest BCUT2D eigenvalue weighted by atomic mass is 16.3. The number of nitrogens with one attached hydrogen (secondary N) is 1. The number of phenols is 1. The van der Waals surface area contributed by atoms with Crippen LogP contribution in [0.4, 0.5) is 5.69 Å². The summed E-state index contributed by atoms with van der Waals surface area (Å²) in [6, 6.07) is 1.84. The summed E-state index contributed by atoms with van der Waals surface area (Å²) in [6.07, 6.45) is -1.09. The van der Waals surface area contributed by atoms with Crippen LogP contribution in [0.2, 0.25) is 0 Å². The van der Waals surface area contributed by atoms with Gasteiger partial charge in [0.2, 0.25) is 5.91 Å². The molecule has 1 amide bonds. The van der Waals surface area contributed by atoms with E-state index in [0.717, 1.165) is 5.69 Å². The van der Waals surface area contributed by atoms with E-state index in [9.17, 15) is 34.8 Å². The number of hydrogen-bond donors (Lipinski definition) is 6. The van der Waals surface area contributed by atoms with Crippen molar-refractivity contribution in [2.24, 2.45) is 29.4 Å². The van der Waals surface area contributed by atoms with Gasteiger partial charge < -0.3 is 36.4 Å². The molecule has 5 atom stereocenters. The van der Waals surface area contributed by atoms with Crippen LogP contribution in [0.5, 0.6) is 5.75 Å². The van der Waals surface area contributed by atoms with Crippen molar-refractivity contribution in [3.63, 3.8) is 0 Å². The summed E-state index contributed by atoms with van der Waals surface area (Å²) in [5.41, 5.74) is 4.59. The van der Waals surface area contributed by atoms with E-state index in [1.54, 1.807) is 0 Å². The van der Waals surface area contributed by atoms with Gasteiger partial charge in [-0.2, -0.15) is 0 Å². The zero-order chi connectivity index (χ0) is 26.7. The van der Waals surface area contributed by atoms with Gasteiger partial charge in [0, 0.05) is 43.4 Å². The number of rotatable bonds is 6. The third-order valence-corrected chi connectivity index (χ3v) is 7.79. The molecule has 4 rings (SSSR count). The lowest BCUT2D eigenvalue weighted by Crippen LogP contribution is -2.63. The van der Waals surface area contributed by atoms with E-state index in [4.69, 9.17) is 5.73 Å². The number of hydrogen-bond acceptors (Lipinski definition) is 9. The quantitative estimate of drug-likeness (QED) is 0.304. The number of aromatic hydroxyl groups is 1. The fourth-order valence-electron chi connectivity index (χ4n) is 6.06. The highest BCUT2D eigenvalue weighted by Gasteiger charge is 2.62. The molecular formula is C26H35N3O7. The van der Waals surface area contributed by atoms with E-state index in [1.807, 2.05) is 25.1 Å². The Morgan fingerprint density at radius 1 is 1.25 bits per heavy atom. The topological polar surface area (TPSA) is 173 Å². The number of nitrogens with zero attached hydrogens (tertiary/aromatic N) is 1. The summed E-state index contributed by atoms with van der Waals surface area (Å²) in [6.45, 7) is 5.14. The summed E-state index contributed by atoms with van der Waals surface area (Å²) in [5, 5.41) is 47.4. The van der Waals surface area contributed by atoms with Crippen molar-refractivity contribution in [2.45, 2.75) is 51.4 Å². The molecule has 0 radical (unpaired) electrons. The predicted octanol–water partition coefficient (Wildman–Crippen LogP) is 0.557. The van der Waals surface area contributed by atoms with E-state index in [2.05, 4.69) is 19.2 Å². The molecule has 7 N–H and O–H groups in total. The third-order valence-electron chi connectivity index (χ3n) is 7.79. The molecule has 0 saturated heterocycles. The number of phenolic OH excluding ortho intramolecular Hbond substituents is 1. The molecule has 0 heterocycles. The van der Waals surface area contributed by atoms with Crippen LogP contribution in [0.25, 0.3) is 0 Å².